The first-order valence-electron chi connectivity index (χ1n) is 4.90. The van der Waals surface area contributed by atoms with Crippen LogP contribution in [0.3, 0.4) is 0 Å². The molecule has 1 unspecified atom stereocenters. The SMILES string of the molecule is CCC(=O)OC(C)(N)N1CCOCC1. The fraction of sp³-hybridized carbons (Fsp3) is 0.889. The van der Waals surface area contributed by atoms with E-state index in [9.17, 15) is 4.79 Å². The average molecular weight is 202 g/mol. The van der Waals surface area contributed by atoms with Crippen LogP contribution in [-0.2, 0) is 14.3 Å². The fourth-order valence-corrected chi connectivity index (χ4v) is 1.37. The van der Waals surface area contributed by atoms with Crippen LogP contribution in [0.4, 0.5) is 0 Å². The Labute approximate surface area is 84.1 Å². The lowest BCUT2D eigenvalue weighted by molar-refractivity contribution is -0.187. The van der Waals surface area contributed by atoms with Crippen LogP contribution in [0.5, 0.6) is 0 Å². The molecule has 0 radical (unpaired) electrons. The van der Waals surface area contributed by atoms with E-state index in [0.29, 0.717) is 32.7 Å². The molecule has 2 N–H and O–H groups in total. The monoisotopic (exact) mass is 202 g/mol. The molecule has 0 bridgehead atoms. The highest BCUT2D eigenvalue weighted by Crippen LogP contribution is 2.13. The molecule has 1 rings (SSSR count). The van der Waals surface area contributed by atoms with Gasteiger partial charge in [-0.15, -0.1) is 0 Å². The van der Waals surface area contributed by atoms with Crippen LogP contribution in [0.1, 0.15) is 20.3 Å². The third kappa shape index (κ3) is 2.94. The molecular weight excluding hydrogens is 184 g/mol. The summed E-state index contributed by atoms with van der Waals surface area (Å²) in [7, 11) is 0. The zero-order valence-corrected chi connectivity index (χ0v) is 8.78. The van der Waals surface area contributed by atoms with Crippen molar-refractivity contribution in [1.29, 1.82) is 0 Å². The zero-order chi connectivity index (χ0) is 10.6. The highest BCUT2D eigenvalue weighted by molar-refractivity contribution is 5.69. The van der Waals surface area contributed by atoms with E-state index in [1.807, 2.05) is 4.90 Å². The van der Waals surface area contributed by atoms with Gasteiger partial charge in [0.15, 0.2) is 0 Å². The van der Waals surface area contributed by atoms with Crippen LogP contribution in [-0.4, -0.2) is 43.0 Å². The van der Waals surface area contributed by atoms with Crippen LogP contribution >= 0.6 is 0 Å². The minimum Gasteiger partial charge on any atom is -0.431 e. The molecule has 0 aromatic heterocycles. The van der Waals surface area contributed by atoms with Gasteiger partial charge in [-0.1, -0.05) is 6.92 Å². The van der Waals surface area contributed by atoms with E-state index >= 15 is 0 Å². The minimum atomic E-state index is -1.00. The Morgan fingerprint density at radius 2 is 2.14 bits per heavy atom. The first-order valence-corrected chi connectivity index (χ1v) is 4.90. The number of hydrogen-bond donors (Lipinski definition) is 1. The quantitative estimate of drug-likeness (QED) is 0.511. The second-order valence-electron chi connectivity index (χ2n) is 3.48. The van der Waals surface area contributed by atoms with Crippen LogP contribution in [0.25, 0.3) is 0 Å². The average Bonchev–Trinajstić information content (AvgIpc) is 2.18. The second-order valence-corrected chi connectivity index (χ2v) is 3.48. The van der Waals surface area contributed by atoms with E-state index in [-0.39, 0.29) is 5.97 Å². The van der Waals surface area contributed by atoms with Crippen molar-refractivity contribution >= 4 is 5.97 Å². The minimum absolute atomic E-state index is 0.276. The van der Waals surface area contributed by atoms with E-state index in [2.05, 4.69) is 0 Å². The summed E-state index contributed by atoms with van der Waals surface area (Å²) in [5.74, 6) is -1.28. The molecule has 82 valence electrons. The Balaban J connectivity index is 2.49. The topological polar surface area (TPSA) is 64.8 Å². The first-order chi connectivity index (χ1) is 6.56. The lowest BCUT2D eigenvalue weighted by Crippen LogP contribution is -2.59. The second kappa shape index (κ2) is 4.72. The maximum absolute atomic E-state index is 11.1. The summed E-state index contributed by atoms with van der Waals surface area (Å²) in [6, 6.07) is 0. The predicted octanol–water partition coefficient (Wildman–Crippen LogP) is -0.0958. The lowest BCUT2D eigenvalue weighted by Gasteiger charge is -2.39. The highest BCUT2D eigenvalue weighted by atomic mass is 16.6. The molecule has 1 aliphatic rings. The molecule has 0 amide bonds. The molecule has 1 fully saturated rings. The van der Waals surface area contributed by atoms with Gasteiger partial charge in [0.05, 0.1) is 13.2 Å². The van der Waals surface area contributed by atoms with Gasteiger partial charge >= 0.3 is 5.97 Å². The zero-order valence-electron chi connectivity index (χ0n) is 8.78. The predicted molar refractivity (Wildman–Crippen MR) is 51.4 cm³/mol. The number of ether oxygens (including phenoxy) is 2. The molecular formula is C9H18N2O3. The fourth-order valence-electron chi connectivity index (χ4n) is 1.37. The molecule has 14 heavy (non-hydrogen) atoms. The Hall–Kier alpha value is -0.650. The maximum atomic E-state index is 11.1. The smallest absolute Gasteiger partial charge is 0.308 e. The van der Waals surface area contributed by atoms with Gasteiger partial charge in [-0.05, 0) is 0 Å². The number of esters is 1. The normalized spacial score (nSPS) is 22.8. The maximum Gasteiger partial charge on any atom is 0.308 e. The van der Waals surface area contributed by atoms with Gasteiger partial charge in [-0.3, -0.25) is 10.5 Å². The van der Waals surface area contributed by atoms with Crippen molar-refractivity contribution in [2.75, 3.05) is 26.3 Å². The molecule has 0 aliphatic carbocycles. The molecule has 5 heteroatoms. The number of hydrogen-bond acceptors (Lipinski definition) is 5. The summed E-state index contributed by atoms with van der Waals surface area (Å²) in [6.07, 6.45) is 0.344. The molecule has 0 saturated carbocycles. The van der Waals surface area contributed by atoms with Crippen LogP contribution in [0.2, 0.25) is 0 Å². The molecule has 1 atom stereocenters. The van der Waals surface area contributed by atoms with Crippen molar-refractivity contribution in [3.63, 3.8) is 0 Å². The molecule has 1 aliphatic heterocycles. The van der Waals surface area contributed by atoms with Gasteiger partial charge in [0.1, 0.15) is 0 Å². The number of nitrogens with two attached hydrogens (primary N) is 1. The molecule has 0 aromatic carbocycles. The first kappa shape index (κ1) is 11.4. The van der Waals surface area contributed by atoms with Crippen LogP contribution in [0.15, 0.2) is 0 Å². The standard InChI is InChI=1S/C9H18N2O3/c1-3-8(12)14-9(2,10)11-4-6-13-7-5-11/h3-7,10H2,1-2H3. The summed E-state index contributed by atoms with van der Waals surface area (Å²) >= 11 is 0. The van der Waals surface area contributed by atoms with E-state index < -0.39 is 5.85 Å². The molecule has 1 saturated heterocycles. The third-order valence-corrected chi connectivity index (χ3v) is 2.25. The van der Waals surface area contributed by atoms with Crippen molar-refractivity contribution in [2.24, 2.45) is 5.73 Å². The molecule has 0 spiro atoms. The number of carbonyl (C=O) groups is 1. The summed E-state index contributed by atoms with van der Waals surface area (Å²) in [5.41, 5.74) is 5.90. The van der Waals surface area contributed by atoms with Crippen molar-refractivity contribution in [3.8, 4) is 0 Å². The lowest BCUT2D eigenvalue weighted by atomic mass is 10.3. The Kier molecular flexibility index (Phi) is 3.86. The summed E-state index contributed by atoms with van der Waals surface area (Å²) in [4.78, 5) is 13.0. The summed E-state index contributed by atoms with van der Waals surface area (Å²) < 4.78 is 10.3. The summed E-state index contributed by atoms with van der Waals surface area (Å²) in [6.45, 7) is 6.12. The van der Waals surface area contributed by atoms with Gasteiger partial charge in [0, 0.05) is 26.4 Å². The summed E-state index contributed by atoms with van der Waals surface area (Å²) in [5, 5.41) is 0. The number of rotatable bonds is 3. The van der Waals surface area contributed by atoms with Crippen molar-refractivity contribution in [3.05, 3.63) is 0 Å². The van der Waals surface area contributed by atoms with E-state index in [1.165, 1.54) is 0 Å². The Bertz CT molecular complexity index is 200. The van der Waals surface area contributed by atoms with Gasteiger partial charge in [0.25, 0.3) is 0 Å². The van der Waals surface area contributed by atoms with Crippen LogP contribution in [0, 0.1) is 0 Å². The number of morpholine rings is 1. The molecule has 5 nitrogen and oxygen atoms in total. The van der Waals surface area contributed by atoms with Crippen molar-refractivity contribution in [2.45, 2.75) is 26.1 Å². The van der Waals surface area contributed by atoms with E-state index in [1.54, 1.807) is 13.8 Å². The van der Waals surface area contributed by atoms with Gasteiger partial charge < -0.3 is 9.47 Å². The molecule has 1 heterocycles. The molecule has 0 aromatic rings. The van der Waals surface area contributed by atoms with Gasteiger partial charge in [0.2, 0.25) is 5.85 Å². The van der Waals surface area contributed by atoms with Crippen LogP contribution < -0.4 is 5.73 Å². The largest absolute Gasteiger partial charge is 0.431 e. The van der Waals surface area contributed by atoms with E-state index in [0.717, 1.165) is 0 Å². The highest BCUT2D eigenvalue weighted by Gasteiger charge is 2.32. The van der Waals surface area contributed by atoms with E-state index in [4.69, 9.17) is 15.2 Å². The third-order valence-electron chi connectivity index (χ3n) is 2.25. The Morgan fingerprint density at radius 1 is 1.57 bits per heavy atom. The van der Waals surface area contributed by atoms with Crippen molar-refractivity contribution < 1.29 is 14.3 Å². The van der Waals surface area contributed by atoms with Gasteiger partial charge in [-0.2, -0.15) is 0 Å². The number of carbonyl (C=O) groups excluding carboxylic acids is 1. The Morgan fingerprint density at radius 3 is 2.64 bits per heavy atom. The number of nitrogens with zero attached hydrogens (tertiary/aromatic N) is 1. The van der Waals surface area contributed by atoms with Gasteiger partial charge in [-0.25, -0.2) is 4.90 Å². The van der Waals surface area contributed by atoms with Crippen molar-refractivity contribution in [1.82, 2.24) is 4.90 Å².